The number of furan rings is 1. The summed E-state index contributed by atoms with van der Waals surface area (Å²) in [6.45, 7) is -0.241. The molecule has 0 bridgehead atoms. The van der Waals surface area contributed by atoms with Gasteiger partial charge in [-0.3, -0.25) is 9.59 Å². The van der Waals surface area contributed by atoms with Gasteiger partial charge in [0, 0.05) is 9.13 Å². The van der Waals surface area contributed by atoms with Crippen LogP contribution in [0.4, 0.5) is 0 Å². The number of nitrogens with zero attached hydrogens (tertiary/aromatic N) is 1. The lowest BCUT2D eigenvalue weighted by Gasteiger charge is -2.02. The van der Waals surface area contributed by atoms with E-state index in [1.165, 1.54) is 24.6 Å². The van der Waals surface area contributed by atoms with Gasteiger partial charge < -0.3 is 14.8 Å². The van der Waals surface area contributed by atoms with E-state index < -0.39 is 11.8 Å². The van der Waals surface area contributed by atoms with Gasteiger partial charge in [0.15, 0.2) is 5.76 Å². The number of hydrazone groups is 1. The summed E-state index contributed by atoms with van der Waals surface area (Å²) in [5.74, 6) is -0.801. The van der Waals surface area contributed by atoms with Gasteiger partial charge in [-0.1, -0.05) is 0 Å². The SMILES string of the molecule is O=C(CNC(=O)c1ccco1)N/N=C\c1cc(I)ccc1O. The molecule has 0 spiro atoms. The van der Waals surface area contributed by atoms with E-state index in [1.54, 1.807) is 18.2 Å². The lowest BCUT2D eigenvalue weighted by atomic mass is 10.2. The van der Waals surface area contributed by atoms with Gasteiger partial charge in [0.2, 0.25) is 0 Å². The fourth-order valence-corrected chi connectivity index (χ4v) is 2.01. The van der Waals surface area contributed by atoms with E-state index in [4.69, 9.17) is 4.42 Å². The van der Waals surface area contributed by atoms with E-state index in [1.807, 2.05) is 0 Å². The molecule has 0 saturated carbocycles. The number of benzene rings is 1. The molecule has 114 valence electrons. The van der Waals surface area contributed by atoms with E-state index in [2.05, 4.69) is 38.4 Å². The van der Waals surface area contributed by atoms with Crippen LogP contribution in [0.1, 0.15) is 16.1 Å². The molecular weight excluding hydrogens is 401 g/mol. The minimum absolute atomic E-state index is 0.0598. The van der Waals surface area contributed by atoms with Gasteiger partial charge in [0.1, 0.15) is 5.75 Å². The minimum atomic E-state index is -0.499. The lowest BCUT2D eigenvalue weighted by Crippen LogP contribution is -2.34. The Morgan fingerprint density at radius 2 is 2.18 bits per heavy atom. The van der Waals surface area contributed by atoms with Crippen molar-refractivity contribution in [3.05, 3.63) is 51.5 Å². The molecule has 7 nitrogen and oxygen atoms in total. The van der Waals surface area contributed by atoms with Crippen molar-refractivity contribution in [3.63, 3.8) is 0 Å². The fraction of sp³-hybridized carbons (Fsp3) is 0.0714. The molecule has 0 aliphatic carbocycles. The van der Waals surface area contributed by atoms with E-state index in [0.717, 1.165) is 3.57 Å². The quantitative estimate of drug-likeness (QED) is 0.392. The van der Waals surface area contributed by atoms with Crippen molar-refractivity contribution in [2.24, 2.45) is 5.10 Å². The highest BCUT2D eigenvalue weighted by Crippen LogP contribution is 2.17. The van der Waals surface area contributed by atoms with Gasteiger partial charge in [-0.15, -0.1) is 0 Å². The molecule has 8 heteroatoms. The first-order valence-corrected chi connectivity index (χ1v) is 7.26. The monoisotopic (exact) mass is 413 g/mol. The molecule has 3 N–H and O–H groups in total. The molecule has 1 aromatic carbocycles. The van der Waals surface area contributed by atoms with E-state index in [-0.39, 0.29) is 18.1 Å². The molecule has 1 aromatic heterocycles. The largest absolute Gasteiger partial charge is 0.507 e. The van der Waals surface area contributed by atoms with Crippen molar-refractivity contribution < 1.29 is 19.1 Å². The Kier molecular flexibility index (Phi) is 5.53. The van der Waals surface area contributed by atoms with Gasteiger partial charge in [-0.2, -0.15) is 5.10 Å². The summed E-state index contributed by atoms with van der Waals surface area (Å²) in [6.07, 6.45) is 2.69. The van der Waals surface area contributed by atoms with Crippen molar-refractivity contribution in [1.82, 2.24) is 10.7 Å². The number of phenolic OH excluding ortho intramolecular Hbond substituents is 1. The Bertz CT molecular complexity index is 698. The zero-order chi connectivity index (χ0) is 15.9. The highest BCUT2D eigenvalue weighted by Gasteiger charge is 2.09. The predicted molar refractivity (Wildman–Crippen MR) is 87.6 cm³/mol. The van der Waals surface area contributed by atoms with Crippen molar-refractivity contribution in [2.75, 3.05) is 6.54 Å². The smallest absolute Gasteiger partial charge is 0.287 e. The number of halogens is 1. The van der Waals surface area contributed by atoms with Gasteiger partial charge in [0.25, 0.3) is 11.8 Å². The molecule has 0 fully saturated rings. The Hall–Kier alpha value is -2.36. The second-order valence-corrected chi connectivity index (χ2v) is 5.40. The number of phenols is 1. The Morgan fingerprint density at radius 1 is 1.36 bits per heavy atom. The zero-order valence-electron chi connectivity index (χ0n) is 11.2. The fourth-order valence-electron chi connectivity index (χ4n) is 1.50. The van der Waals surface area contributed by atoms with E-state index in [9.17, 15) is 14.7 Å². The molecule has 22 heavy (non-hydrogen) atoms. The second kappa shape index (κ2) is 7.59. The van der Waals surface area contributed by atoms with Crippen molar-refractivity contribution in [2.45, 2.75) is 0 Å². The average molecular weight is 413 g/mol. The third-order valence-electron chi connectivity index (χ3n) is 2.54. The highest BCUT2D eigenvalue weighted by atomic mass is 127. The number of amides is 2. The van der Waals surface area contributed by atoms with Gasteiger partial charge in [0.05, 0.1) is 19.0 Å². The van der Waals surface area contributed by atoms with Gasteiger partial charge >= 0.3 is 0 Å². The molecule has 0 aliphatic rings. The number of rotatable bonds is 5. The molecule has 0 saturated heterocycles. The first-order chi connectivity index (χ1) is 10.6. The molecular formula is C14H12IN3O4. The molecule has 0 atom stereocenters. The Balaban J connectivity index is 1.81. The molecule has 0 radical (unpaired) electrons. The second-order valence-electron chi connectivity index (χ2n) is 4.16. The van der Waals surface area contributed by atoms with Crippen LogP contribution in [0.5, 0.6) is 5.75 Å². The summed E-state index contributed by atoms with van der Waals surface area (Å²) in [5.41, 5.74) is 2.73. The number of carbonyl (C=O) groups excluding carboxylic acids is 2. The van der Waals surface area contributed by atoms with Crippen molar-refractivity contribution in [3.8, 4) is 5.75 Å². The maximum Gasteiger partial charge on any atom is 0.287 e. The summed E-state index contributed by atoms with van der Waals surface area (Å²) < 4.78 is 5.81. The molecule has 0 aliphatic heterocycles. The number of aromatic hydroxyl groups is 1. The van der Waals surface area contributed by atoms with Crippen LogP contribution < -0.4 is 10.7 Å². The number of hydrogen-bond donors (Lipinski definition) is 3. The highest BCUT2D eigenvalue weighted by molar-refractivity contribution is 14.1. The summed E-state index contributed by atoms with van der Waals surface area (Å²) >= 11 is 2.10. The van der Waals surface area contributed by atoms with Crippen LogP contribution in [0.15, 0.2) is 46.1 Å². The summed E-state index contributed by atoms with van der Waals surface area (Å²) in [4.78, 5) is 23.1. The maximum absolute atomic E-state index is 11.5. The van der Waals surface area contributed by atoms with Crippen LogP contribution in [-0.4, -0.2) is 29.7 Å². The maximum atomic E-state index is 11.5. The summed E-state index contributed by atoms with van der Waals surface area (Å²) in [7, 11) is 0. The van der Waals surface area contributed by atoms with Crippen molar-refractivity contribution >= 4 is 40.6 Å². The van der Waals surface area contributed by atoms with E-state index >= 15 is 0 Å². The van der Waals surface area contributed by atoms with Gasteiger partial charge in [-0.25, -0.2) is 5.43 Å². The molecule has 0 unspecified atom stereocenters. The summed E-state index contributed by atoms with van der Waals surface area (Å²) in [5, 5.41) is 15.7. The Labute approximate surface area is 139 Å². The third-order valence-corrected chi connectivity index (χ3v) is 3.21. The minimum Gasteiger partial charge on any atom is -0.507 e. The Morgan fingerprint density at radius 3 is 2.91 bits per heavy atom. The van der Waals surface area contributed by atoms with Crippen LogP contribution in [0.25, 0.3) is 0 Å². The number of hydrogen-bond acceptors (Lipinski definition) is 5. The topological polar surface area (TPSA) is 104 Å². The van der Waals surface area contributed by atoms with Crippen LogP contribution >= 0.6 is 22.6 Å². The third kappa shape index (κ3) is 4.58. The molecule has 2 amide bonds. The standard InChI is InChI=1S/C14H12IN3O4/c15-10-3-4-11(19)9(6-10)7-17-18-13(20)8-16-14(21)12-2-1-5-22-12/h1-7,19H,8H2,(H,16,21)(H,18,20)/b17-7-. The van der Waals surface area contributed by atoms with Crippen LogP contribution in [0.3, 0.4) is 0 Å². The van der Waals surface area contributed by atoms with Crippen LogP contribution in [0.2, 0.25) is 0 Å². The van der Waals surface area contributed by atoms with E-state index in [0.29, 0.717) is 5.56 Å². The molecule has 2 aromatic rings. The zero-order valence-corrected chi connectivity index (χ0v) is 13.4. The molecule has 1 heterocycles. The first-order valence-electron chi connectivity index (χ1n) is 6.18. The number of nitrogens with one attached hydrogen (secondary N) is 2. The van der Waals surface area contributed by atoms with Gasteiger partial charge in [-0.05, 0) is 52.9 Å². The van der Waals surface area contributed by atoms with Crippen molar-refractivity contribution in [1.29, 1.82) is 0 Å². The number of carbonyl (C=O) groups is 2. The normalized spacial score (nSPS) is 10.6. The lowest BCUT2D eigenvalue weighted by molar-refractivity contribution is -0.120. The van der Waals surface area contributed by atoms with Crippen LogP contribution in [0, 0.1) is 3.57 Å². The predicted octanol–water partition coefficient (Wildman–Crippen LogP) is 1.47. The first kappa shape index (κ1) is 16.0. The van der Waals surface area contributed by atoms with Crippen LogP contribution in [-0.2, 0) is 4.79 Å². The summed E-state index contributed by atoms with van der Waals surface area (Å²) in [6, 6.07) is 8.06. The molecule has 2 rings (SSSR count). The average Bonchev–Trinajstić information content (AvgIpc) is 3.02.